The molecule has 1 fully saturated rings. The molecule has 4 N–H and O–H groups in total. The maximum atomic E-state index is 10.1. The zero-order chi connectivity index (χ0) is 20.4. The molecule has 28 heavy (non-hydrogen) atoms. The first-order valence-corrected chi connectivity index (χ1v) is 9.60. The standard InChI is InChI=1S/C13H16N4O.C8H15NO/c1-15-12-4-3-9(7-11(12)14)18-10-5-6-17-13(8-10)16-2;1-8-2-4-9(5-3-8)6-7-10/h3-8,15H,14H2,1-2H3,(H,16,17);7-8H,2-6H2,1H3. The number of pyridine rings is 1. The molecule has 3 rings (SSSR count). The maximum Gasteiger partial charge on any atom is 0.133 e. The number of anilines is 3. The number of nitrogens with zero attached hydrogens (tertiary/aromatic N) is 2. The van der Waals surface area contributed by atoms with Crippen LogP contribution in [-0.2, 0) is 4.79 Å². The lowest BCUT2D eigenvalue weighted by Crippen LogP contribution is -2.34. The van der Waals surface area contributed by atoms with Crippen molar-refractivity contribution in [1.82, 2.24) is 9.88 Å². The van der Waals surface area contributed by atoms with Crippen molar-refractivity contribution >= 4 is 23.5 Å². The molecule has 0 bridgehead atoms. The van der Waals surface area contributed by atoms with E-state index in [1.807, 2.05) is 32.3 Å². The zero-order valence-electron chi connectivity index (χ0n) is 16.9. The number of piperidine rings is 1. The lowest BCUT2D eigenvalue weighted by molar-refractivity contribution is -0.109. The van der Waals surface area contributed by atoms with Crippen LogP contribution in [0, 0.1) is 5.92 Å². The van der Waals surface area contributed by atoms with E-state index in [4.69, 9.17) is 10.5 Å². The number of nitrogen functional groups attached to an aromatic ring is 1. The van der Waals surface area contributed by atoms with Gasteiger partial charge in [0.05, 0.1) is 17.9 Å². The van der Waals surface area contributed by atoms with E-state index in [1.54, 1.807) is 18.3 Å². The second-order valence-electron chi connectivity index (χ2n) is 6.88. The Morgan fingerprint density at radius 1 is 1.18 bits per heavy atom. The number of aromatic nitrogens is 1. The number of hydrogen-bond donors (Lipinski definition) is 3. The summed E-state index contributed by atoms with van der Waals surface area (Å²) in [7, 11) is 3.64. The number of nitrogens with two attached hydrogens (primary N) is 1. The van der Waals surface area contributed by atoms with E-state index < -0.39 is 0 Å². The fourth-order valence-corrected chi connectivity index (χ4v) is 2.93. The van der Waals surface area contributed by atoms with Gasteiger partial charge in [0.15, 0.2) is 0 Å². The van der Waals surface area contributed by atoms with E-state index in [2.05, 4.69) is 27.4 Å². The first-order valence-electron chi connectivity index (χ1n) is 9.60. The number of ether oxygens (including phenoxy) is 1. The SMILES string of the molecule is CC1CCN(CC=O)CC1.CNc1cc(Oc2ccc(NC)c(N)c2)ccn1. The molecule has 1 aromatic heterocycles. The van der Waals surface area contributed by atoms with Crippen LogP contribution >= 0.6 is 0 Å². The molecule has 0 atom stereocenters. The molecule has 0 aliphatic carbocycles. The Kier molecular flexibility index (Phi) is 8.55. The van der Waals surface area contributed by atoms with Crippen LogP contribution in [0.5, 0.6) is 11.5 Å². The summed E-state index contributed by atoms with van der Waals surface area (Å²) in [5.74, 6) is 3.03. The second kappa shape index (κ2) is 11.1. The molecule has 1 saturated heterocycles. The van der Waals surface area contributed by atoms with Crippen molar-refractivity contribution in [1.29, 1.82) is 0 Å². The summed E-state index contributed by atoms with van der Waals surface area (Å²) < 4.78 is 5.71. The molecule has 0 radical (unpaired) electrons. The minimum atomic E-state index is 0.632. The number of hydrogen-bond acceptors (Lipinski definition) is 7. The Labute approximate surface area is 167 Å². The Bertz CT molecular complexity index is 745. The molecule has 7 heteroatoms. The van der Waals surface area contributed by atoms with Crippen LogP contribution in [0.25, 0.3) is 0 Å². The van der Waals surface area contributed by atoms with Gasteiger partial charge in [0.1, 0.15) is 23.6 Å². The third-order valence-electron chi connectivity index (χ3n) is 4.72. The van der Waals surface area contributed by atoms with E-state index in [1.165, 1.54) is 12.8 Å². The van der Waals surface area contributed by atoms with Crippen molar-refractivity contribution in [3.63, 3.8) is 0 Å². The van der Waals surface area contributed by atoms with E-state index in [0.29, 0.717) is 23.7 Å². The van der Waals surface area contributed by atoms with Crippen LogP contribution in [0.3, 0.4) is 0 Å². The highest BCUT2D eigenvalue weighted by Gasteiger charge is 2.14. The van der Waals surface area contributed by atoms with Crippen LogP contribution in [0.4, 0.5) is 17.2 Å². The van der Waals surface area contributed by atoms with Crippen LogP contribution in [0.15, 0.2) is 36.5 Å². The summed E-state index contributed by atoms with van der Waals surface area (Å²) in [6.07, 6.45) is 5.20. The number of carbonyl (C=O) groups is 1. The lowest BCUT2D eigenvalue weighted by atomic mass is 9.99. The molecule has 1 aliphatic rings. The van der Waals surface area contributed by atoms with Gasteiger partial charge in [-0.05, 0) is 50.0 Å². The number of rotatable bonds is 6. The van der Waals surface area contributed by atoms with E-state index in [-0.39, 0.29) is 0 Å². The summed E-state index contributed by atoms with van der Waals surface area (Å²) >= 11 is 0. The fourth-order valence-electron chi connectivity index (χ4n) is 2.93. The maximum absolute atomic E-state index is 10.1. The molecule has 152 valence electrons. The summed E-state index contributed by atoms with van der Waals surface area (Å²) in [6.45, 7) is 5.13. The van der Waals surface area contributed by atoms with E-state index >= 15 is 0 Å². The van der Waals surface area contributed by atoms with Gasteiger partial charge in [-0.1, -0.05) is 6.92 Å². The molecule has 1 aliphatic heterocycles. The van der Waals surface area contributed by atoms with Gasteiger partial charge in [0.2, 0.25) is 0 Å². The lowest BCUT2D eigenvalue weighted by Gasteiger charge is -2.28. The normalized spacial score (nSPS) is 14.5. The van der Waals surface area contributed by atoms with Gasteiger partial charge in [-0.25, -0.2) is 4.98 Å². The fraction of sp³-hybridized carbons (Fsp3) is 0.429. The summed E-state index contributed by atoms with van der Waals surface area (Å²) in [6, 6.07) is 9.14. The van der Waals surface area contributed by atoms with E-state index in [9.17, 15) is 4.79 Å². The Morgan fingerprint density at radius 2 is 1.89 bits per heavy atom. The molecular formula is C21H31N5O2. The number of aldehydes is 1. The van der Waals surface area contributed by atoms with Gasteiger partial charge >= 0.3 is 0 Å². The third kappa shape index (κ3) is 6.74. The highest BCUT2D eigenvalue weighted by molar-refractivity contribution is 5.68. The first-order chi connectivity index (χ1) is 13.5. The molecule has 1 aromatic carbocycles. The molecule has 2 aromatic rings. The topological polar surface area (TPSA) is 92.5 Å². The Balaban J connectivity index is 0.000000237. The molecule has 0 saturated carbocycles. The van der Waals surface area contributed by atoms with Gasteiger partial charge in [-0.2, -0.15) is 0 Å². The number of carbonyl (C=O) groups excluding carboxylic acids is 1. The number of nitrogens with one attached hydrogen (secondary N) is 2. The van der Waals surface area contributed by atoms with Gasteiger partial charge in [-0.3, -0.25) is 4.90 Å². The van der Waals surface area contributed by atoms with Crippen molar-refractivity contribution in [2.45, 2.75) is 19.8 Å². The molecule has 0 amide bonds. The molecule has 7 nitrogen and oxygen atoms in total. The van der Waals surface area contributed by atoms with Gasteiger partial charge in [0.25, 0.3) is 0 Å². The average molecular weight is 386 g/mol. The quantitative estimate of drug-likeness (QED) is 0.518. The van der Waals surface area contributed by atoms with Gasteiger partial charge in [-0.15, -0.1) is 0 Å². The smallest absolute Gasteiger partial charge is 0.133 e. The summed E-state index contributed by atoms with van der Waals surface area (Å²) in [5, 5.41) is 5.96. The minimum absolute atomic E-state index is 0.632. The molecular weight excluding hydrogens is 354 g/mol. The van der Waals surface area contributed by atoms with Crippen molar-refractivity contribution in [3.05, 3.63) is 36.5 Å². The monoisotopic (exact) mass is 385 g/mol. The highest BCUT2D eigenvalue weighted by atomic mass is 16.5. The Morgan fingerprint density at radius 3 is 2.50 bits per heavy atom. The first kappa shape index (κ1) is 21.5. The molecule has 0 spiro atoms. The van der Waals surface area contributed by atoms with Crippen molar-refractivity contribution < 1.29 is 9.53 Å². The van der Waals surface area contributed by atoms with E-state index in [0.717, 1.165) is 36.8 Å². The summed E-state index contributed by atoms with van der Waals surface area (Å²) in [5.41, 5.74) is 7.41. The molecule has 0 unspecified atom stereocenters. The summed E-state index contributed by atoms with van der Waals surface area (Å²) in [4.78, 5) is 16.4. The van der Waals surface area contributed by atoms with Crippen LogP contribution in [-0.4, -0.2) is 49.9 Å². The van der Waals surface area contributed by atoms with Crippen LogP contribution in [0.2, 0.25) is 0 Å². The van der Waals surface area contributed by atoms with Gasteiger partial charge in [0, 0.05) is 32.4 Å². The predicted molar refractivity (Wildman–Crippen MR) is 115 cm³/mol. The minimum Gasteiger partial charge on any atom is -0.457 e. The zero-order valence-corrected chi connectivity index (χ0v) is 16.9. The third-order valence-corrected chi connectivity index (χ3v) is 4.72. The number of benzene rings is 1. The largest absolute Gasteiger partial charge is 0.457 e. The molecule has 2 heterocycles. The Hall–Kier alpha value is -2.80. The van der Waals surface area contributed by atoms with Crippen molar-refractivity contribution in [2.24, 2.45) is 5.92 Å². The second-order valence-corrected chi connectivity index (χ2v) is 6.88. The predicted octanol–water partition coefficient (Wildman–Crippen LogP) is 3.46. The number of likely N-dealkylation sites (tertiary alicyclic amines) is 1. The van der Waals surface area contributed by atoms with Crippen LogP contribution in [0.1, 0.15) is 19.8 Å². The highest BCUT2D eigenvalue weighted by Crippen LogP contribution is 2.28. The van der Waals surface area contributed by atoms with Crippen molar-refractivity contribution in [2.75, 3.05) is 50.1 Å². The van der Waals surface area contributed by atoms with Gasteiger partial charge < -0.3 is 25.9 Å². The van der Waals surface area contributed by atoms with Crippen molar-refractivity contribution in [3.8, 4) is 11.5 Å². The average Bonchev–Trinajstić information content (AvgIpc) is 2.71. The van der Waals surface area contributed by atoms with Crippen LogP contribution < -0.4 is 21.1 Å².